The monoisotopic (exact) mass is 420 g/mol. The Labute approximate surface area is 170 Å². The Balaban J connectivity index is 2.23. The van der Waals surface area contributed by atoms with Crippen molar-refractivity contribution in [2.24, 2.45) is 0 Å². The lowest BCUT2D eigenvalue weighted by Crippen LogP contribution is -2.39. The zero-order valence-corrected chi connectivity index (χ0v) is 17.2. The smallest absolute Gasteiger partial charge is 0.423 e. The van der Waals surface area contributed by atoms with Crippen molar-refractivity contribution in [2.75, 3.05) is 13.2 Å². The van der Waals surface area contributed by atoms with Gasteiger partial charge in [-0.15, -0.1) is 0 Å². The molecule has 0 heterocycles. The van der Waals surface area contributed by atoms with Crippen molar-refractivity contribution in [2.45, 2.75) is 38.0 Å². The number of aryl methyl sites for hydroxylation is 1. The molecule has 8 nitrogen and oxygen atoms in total. The van der Waals surface area contributed by atoms with E-state index in [9.17, 15) is 23.3 Å². The summed E-state index contributed by atoms with van der Waals surface area (Å²) >= 11 is 0. The third kappa shape index (κ3) is 6.02. The van der Waals surface area contributed by atoms with Gasteiger partial charge in [0.2, 0.25) is 0 Å². The number of rotatable bonds is 9. The van der Waals surface area contributed by atoms with Gasteiger partial charge in [0, 0.05) is 18.7 Å². The number of carbonyl (C=O) groups excluding carboxylic acids is 1. The molecule has 0 fully saturated rings. The summed E-state index contributed by atoms with van der Waals surface area (Å²) in [5, 5.41) is 10.8. The molecule has 0 radical (unpaired) electrons. The van der Waals surface area contributed by atoms with Crippen molar-refractivity contribution in [3.63, 3.8) is 0 Å². The molecule has 2 aromatic rings. The summed E-state index contributed by atoms with van der Waals surface area (Å²) in [6.45, 7) is 3.76. The Bertz CT molecular complexity index is 940. The molecule has 0 N–H and O–H groups in total. The molecule has 0 aliphatic heterocycles. The predicted molar refractivity (Wildman–Crippen MR) is 108 cm³/mol. The summed E-state index contributed by atoms with van der Waals surface area (Å²) in [5.41, 5.74) is 1.50. The first-order valence-corrected chi connectivity index (χ1v) is 10.7. The van der Waals surface area contributed by atoms with E-state index in [1.54, 1.807) is 12.1 Å². The number of unbranched alkanes of at least 4 members (excludes halogenated alkanes) is 1. The summed E-state index contributed by atoms with van der Waals surface area (Å²) < 4.78 is 31.9. The van der Waals surface area contributed by atoms with Gasteiger partial charge < -0.3 is 4.74 Å². The van der Waals surface area contributed by atoms with E-state index in [-0.39, 0.29) is 30.2 Å². The average Bonchev–Trinajstić information content (AvgIpc) is 2.69. The Hall–Kier alpha value is -2.94. The zero-order chi connectivity index (χ0) is 21.4. The van der Waals surface area contributed by atoms with Crippen LogP contribution in [0.5, 0.6) is 0 Å². The van der Waals surface area contributed by atoms with E-state index in [1.807, 2.05) is 13.8 Å². The van der Waals surface area contributed by atoms with Crippen molar-refractivity contribution < 1.29 is 22.9 Å². The molecular formula is C20H24N2O6S. The first-order valence-electron chi connectivity index (χ1n) is 9.25. The average molecular weight is 420 g/mol. The molecule has 0 spiro atoms. The van der Waals surface area contributed by atoms with Crippen molar-refractivity contribution in [1.82, 2.24) is 4.31 Å². The minimum atomic E-state index is -4.10. The molecule has 0 saturated heterocycles. The molecule has 0 saturated carbocycles. The van der Waals surface area contributed by atoms with Gasteiger partial charge in [0.15, 0.2) is 0 Å². The highest BCUT2D eigenvalue weighted by Gasteiger charge is 2.30. The van der Waals surface area contributed by atoms with Crippen LogP contribution in [0.4, 0.5) is 10.5 Å². The lowest BCUT2D eigenvalue weighted by Gasteiger charge is -2.22. The number of amides is 1. The standard InChI is InChI=1S/C20H24N2O6S/c1-3-4-15-28-20(23)21(29(26,27)19-11-5-16(2)6-12-19)14-13-17-7-9-18(10-8-17)22(24)25/h5-12H,3-4,13-15H2,1-2H3. The normalized spacial score (nSPS) is 11.1. The molecule has 0 bridgehead atoms. The van der Waals surface area contributed by atoms with E-state index in [0.717, 1.165) is 16.3 Å². The molecule has 156 valence electrons. The van der Waals surface area contributed by atoms with Crippen molar-refractivity contribution in [3.8, 4) is 0 Å². The van der Waals surface area contributed by atoms with Gasteiger partial charge in [0.05, 0.1) is 16.4 Å². The lowest BCUT2D eigenvalue weighted by molar-refractivity contribution is -0.384. The highest BCUT2D eigenvalue weighted by Crippen LogP contribution is 2.19. The van der Waals surface area contributed by atoms with Crippen LogP contribution in [0.25, 0.3) is 0 Å². The first kappa shape index (κ1) is 22.4. The van der Waals surface area contributed by atoms with E-state index in [0.29, 0.717) is 12.0 Å². The molecule has 2 aromatic carbocycles. The van der Waals surface area contributed by atoms with Crippen LogP contribution >= 0.6 is 0 Å². The topological polar surface area (TPSA) is 107 Å². The van der Waals surface area contributed by atoms with Crippen LogP contribution < -0.4 is 0 Å². The number of hydrogen-bond donors (Lipinski definition) is 0. The Morgan fingerprint density at radius 1 is 1.10 bits per heavy atom. The largest absolute Gasteiger partial charge is 0.449 e. The summed E-state index contributed by atoms with van der Waals surface area (Å²) in [7, 11) is -4.10. The lowest BCUT2D eigenvalue weighted by atomic mass is 10.1. The Morgan fingerprint density at radius 2 is 1.72 bits per heavy atom. The summed E-state index contributed by atoms with van der Waals surface area (Å²) in [5.74, 6) is 0. The second-order valence-electron chi connectivity index (χ2n) is 6.53. The summed E-state index contributed by atoms with van der Waals surface area (Å²) in [6, 6.07) is 12.0. The van der Waals surface area contributed by atoms with Crippen LogP contribution in [-0.2, 0) is 21.2 Å². The summed E-state index contributed by atoms with van der Waals surface area (Å²) in [6.07, 6.45) is 0.708. The molecule has 1 amide bonds. The van der Waals surface area contributed by atoms with Gasteiger partial charge in [-0.3, -0.25) is 10.1 Å². The molecule has 0 aliphatic rings. The van der Waals surface area contributed by atoms with Gasteiger partial charge in [-0.2, -0.15) is 0 Å². The molecule has 0 aromatic heterocycles. The van der Waals surface area contributed by atoms with Crippen molar-refractivity contribution >= 4 is 21.8 Å². The maximum absolute atomic E-state index is 13.0. The third-order valence-corrected chi connectivity index (χ3v) is 6.07. The van der Waals surface area contributed by atoms with E-state index >= 15 is 0 Å². The number of carbonyl (C=O) groups is 1. The fourth-order valence-electron chi connectivity index (χ4n) is 2.54. The number of nitro benzene ring substituents is 1. The quantitative estimate of drug-likeness (QED) is 0.344. The van der Waals surface area contributed by atoms with Gasteiger partial charge in [0.25, 0.3) is 15.7 Å². The van der Waals surface area contributed by atoms with E-state index in [2.05, 4.69) is 0 Å². The number of benzene rings is 2. The van der Waals surface area contributed by atoms with Gasteiger partial charge in [-0.1, -0.05) is 43.2 Å². The Morgan fingerprint density at radius 3 is 2.28 bits per heavy atom. The molecular weight excluding hydrogens is 396 g/mol. The fourth-order valence-corrected chi connectivity index (χ4v) is 3.85. The van der Waals surface area contributed by atoms with Gasteiger partial charge in [0.1, 0.15) is 0 Å². The fraction of sp³-hybridized carbons (Fsp3) is 0.350. The van der Waals surface area contributed by atoms with E-state index in [1.165, 1.54) is 36.4 Å². The summed E-state index contributed by atoms with van der Waals surface area (Å²) in [4.78, 5) is 22.8. The van der Waals surface area contributed by atoms with Crippen LogP contribution in [0.15, 0.2) is 53.4 Å². The van der Waals surface area contributed by atoms with Crippen LogP contribution in [0.1, 0.15) is 30.9 Å². The van der Waals surface area contributed by atoms with Crippen molar-refractivity contribution in [1.29, 1.82) is 0 Å². The second kappa shape index (κ2) is 10.0. The minimum Gasteiger partial charge on any atom is -0.449 e. The minimum absolute atomic E-state index is 0.000703. The molecule has 29 heavy (non-hydrogen) atoms. The van der Waals surface area contributed by atoms with Gasteiger partial charge in [-0.25, -0.2) is 17.5 Å². The van der Waals surface area contributed by atoms with Crippen LogP contribution in [0, 0.1) is 17.0 Å². The van der Waals surface area contributed by atoms with Crippen molar-refractivity contribution in [3.05, 3.63) is 69.8 Å². The second-order valence-corrected chi connectivity index (χ2v) is 8.39. The SMILES string of the molecule is CCCCOC(=O)N(CCc1ccc([N+](=O)[O-])cc1)S(=O)(=O)c1ccc(C)cc1. The highest BCUT2D eigenvalue weighted by molar-refractivity contribution is 7.89. The number of nitro groups is 1. The van der Waals surface area contributed by atoms with E-state index in [4.69, 9.17) is 4.74 Å². The zero-order valence-electron chi connectivity index (χ0n) is 16.4. The Kier molecular flexibility index (Phi) is 7.72. The highest BCUT2D eigenvalue weighted by atomic mass is 32.2. The maximum atomic E-state index is 13.0. The molecule has 2 rings (SSSR count). The number of nitrogens with zero attached hydrogens (tertiary/aromatic N) is 2. The number of non-ortho nitro benzene ring substituents is 1. The number of ether oxygens (including phenoxy) is 1. The van der Waals surface area contributed by atoms with E-state index < -0.39 is 21.0 Å². The molecule has 0 atom stereocenters. The van der Waals surface area contributed by atoms with Crippen LogP contribution in [0.2, 0.25) is 0 Å². The number of hydrogen-bond acceptors (Lipinski definition) is 6. The predicted octanol–water partition coefficient (Wildman–Crippen LogP) is 4.07. The molecule has 9 heteroatoms. The van der Waals surface area contributed by atoms with Crippen LogP contribution in [-0.4, -0.2) is 36.9 Å². The number of sulfonamides is 1. The van der Waals surface area contributed by atoms with Crippen LogP contribution in [0.3, 0.4) is 0 Å². The first-order chi connectivity index (χ1) is 13.8. The van der Waals surface area contributed by atoms with Gasteiger partial charge in [-0.05, 0) is 37.5 Å². The van der Waals surface area contributed by atoms with Gasteiger partial charge >= 0.3 is 6.09 Å². The molecule has 0 unspecified atom stereocenters. The molecule has 0 aliphatic carbocycles. The maximum Gasteiger partial charge on any atom is 0.423 e. The third-order valence-electron chi connectivity index (χ3n) is 4.29.